The molecular weight excluding hydrogens is 211 g/mol. The van der Waals surface area contributed by atoms with Crippen molar-refractivity contribution in [3.63, 3.8) is 0 Å². The standard InChI is InChI=1S/C9H12O3S.Na.H/c1-7-4-3-5-8(2)9(7)6-13(10,11)12;;/h3-5H,6H2,1-2H3,(H,10,11,12);;. The Bertz CT molecular complexity index is 392. The van der Waals surface area contributed by atoms with Crippen LogP contribution in [0.3, 0.4) is 0 Å². The molecule has 14 heavy (non-hydrogen) atoms. The van der Waals surface area contributed by atoms with Crippen LogP contribution in [0.2, 0.25) is 0 Å². The zero-order valence-electron chi connectivity index (χ0n) is 7.61. The summed E-state index contributed by atoms with van der Waals surface area (Å²) in [7, 11) is -3.92. The van der Waals surface area contributed by atoms with Crippen molar-refractivity contribution in [3.05, 3.63) is 34.9 Å². The molecule has 0 aliphatic heterocycles. The summed E-state index contributed by atoms with van der Waals surface area (Å²) >= 11 is 0. The van der Waals surface area contributed by atoms with Gasteiger partial charge in [-0.3, -0.25) is 4.55 Å². The Kier molecular flexibility index (Phi) is 5.33. The van der Waals surface area contributed by atoms with Gasteiger partial charge in [0.25, 0.3) is 10.1 Å². The van der Waals surface area contributed by atoms with Crippen LogP contribution in [-0.4, -0.2) is 42.5 Å². The Labute approximate surface area is 107 Å². The molecular formula is C9H13NaO3S. The van der Waals surface area contributed by atoms with Gasteiger partial charge in [0.2, 0.25) is 0 Å². The quantitative estimate of drug-likeness (QED) is 0.603. The van der Waals surface area contributed by atoms with Crippen molar-refractivity contribution in [2.75, 3.05) is 0 Å². The van der Waals surface area contributed by atoms with E-state index >= 15 is 0 Å². The second kappa shape index (κ2) is 5.28. The minimum atomic E-state index is -3.92. The van der Waals surface area contributed by atoms with Crippen molar-refractivity contribution in [3.8, 4) is 0 Å². The average Bonchev–Trinajstić information content (AvgIpc) is 1.95. The van der Waals surface area contributed by atoms with Crippen LogP contribution in [0.15, 0.2) is 18.2 Å². The van der Waals surface area contributed by atoms with Crippen LogP contribution < -0.4 is 0 Å². The molecule has 1 N–H and O–H groups in total. The van der Waals surface area contributed by atoms with Gasteiger partial charge in [-0.05, 0) is 30.5 Å². The Balaban J connectivity index is 0.00000169. The van der Waals surface area contributed by atoms with Crippen LogP contribution in [0, 0.1) is 13.8 Å². The van der Waals surface area contributed by atoms with Crippen LogP contribution in [0.4, 0.5) is 0 Å². The third kappa shape index (κ3) is 4.11. The first kappa shape index (κ1) is 14.1. The fourth-order valence-corrected chi connectivity index (χ4v) is 2.08. The summed E-state index contributed by atoms with van der Waals surface area (Å²) < 4.78 is 30.0. The molecule has 0 saturated carbocycles. The molecule has 0 bridgehead atoms. The summed E-state index contributed by atoms with van der Waals surface area (Å²) in [6, 6.07) is 5.51. The second-order valence-corrected chi connectivity index (χ2v) is 4.55. The van der Waals surface area contributed by atoms with Crippen LogP contribution in [0.1, 0.15) is 16.7 Å². The Morgan fingerprint density at radius 2 is 1.64 bits per heavy atom. The van der Waals surface area contributed by atoms with Crippen LogP contribution >= 0.6 is 0 Å². The molecule has 0 spiro atoms. The molecule has 0 aromatic heterocycles. The van der Waals surface area contributed by atoms with Gasteiger partial charge >= 0.3 is 29.6 Å². The number of hydrogen-bond donors (Lipinski definition) is 1. The summed E-state index contributed by atoms with van der Waals surface area (Å²) in [6.07, 6.45) is 0. The molecule has 0 aliphatic rings. The van der Waals surface area contributed by atoms with Gasteiger partial charge in [-0.15, -0.1) is 0 Å². The van der Waals surface area contributed by atoms with Gasteiger partial charge in [-0.1, -0.05) is 18.2 Å². The van der Waals surface area contributed by atoms with Gasteiger partial charge in [-0.25, -0.2) is 0 Å². The fraction of sp³-hybridized carbons (Fsp3) is 0.333. The van der Waals surface area contributed by atoms with Gasteiger partial charge in [0, 0.05) is 0 Å². The molecule has 0 atom stereocenters. The predicted octanol–water partition coefficient (Wildman–Crippen LogP) is 1.04. The number of benzene rings is 1. The Morgan fingerprint density at radius 3 is 2.00 bits per heavy atom. The SMILES string of the molecule is Cc1cccc(C)c1CS(=O)(=O)O.[NaH]. The third-order valence-electron chi connectivity index (χ3n) is 1.97. The molecule has 0 heterocycles. The Hall–Kier alpha value is 0.130. The van der Waals surface area contributed by atoms with Crippen molar-refractivity contribution in [1.82, 2.24) is 0 Å². The molecule has 0 amide bonds. The average molecular weight is 224 g/mol. The fourth-order valence-electron chi connectivity index (χ4n) is 1.26. The van der Waals surface area contributed by atoms with Crippen LogP contribution in [0.5, 0.6) is 0 Å². The summed E-state index contributed by atoms with van der Waals surface area (Å²) in [5.41, 5.74) is 2.46. The van der Waals surface area contributed by atoms with Crippen molar-refractivity contribution in [2.45, 2.75) is 19.6 Å². The topological polar surface area (TPSA) is 54.4 Å². The molecule has 0 radical (unpaired) electrons. The van der Waals surface area contributed by atoms with E-state index in [0.717, 1.165) is 11.1 Å². The van der Waals surface area contributed by atoms with Gasteiger partial charge in [0.15, 0.2) is 0 Å². The molecule has 1 rings (SSSR count). The summed E-state index contributed by atoms with van der Waals surface area (Å²) in [5, 5.41) is 0. The summed E-state index contributed by atoms with van der Waals surface area (Å²) in [4.78, 5) is 0. The first-order valence-electron chi connectivity index (χ1n) is 3.90. The van der Waals surface area contributed by atoms with E-state index in [0.29, 0.717) is 5.56 Å². The zero-order chi connectivity index (χ0) is 10.1. The van der Waals surface area contributed by atoms with Crippen molar-refractivity contribution >= 4 is 39.7 Å². The van der Waals surface area contributed by atoms with E-state index in [1.165, 1.54) is 0 Å². The van der Waals surface area contributed by atoms with E-state index in [1.54, 1.807) is 0 Å². The van der Waals surface area contributed by atoms with Crippen LogP contribution in [0.25, 0.3) is 0 Å². The van der Waals surface area contributed by atoms with Crippen molar-refractivity contribution in [2.24, 2.45) is 0 Å². The number of hydrogen-bond acceptors (Lipinski definition) is 2. The predicted molar refractivity (Wildman–Crippen MR) is 58.3 cm³/mol. The molecule has 74 valence electrons. The first-order chi connectivity index (χ1) is 5.90. The van der Waals surface area contributed by atoms with E-state index in [-0.39, 0.29) is 35.3 Å². The Morgan fingerprint density at radius 1 is 1.21 bits per heavy atom. The van der Waals surface area contributed by atoms with Crippen molar-refractivity contribution < 1.29 is 13.0 Å². The minimum absolute atomic E-state index is 0. The molecule has 0 saturated heterocycles. The number of aryl methyl sites for hydroxylation is 2. The van der Waals surface area contributed by atoms with E-state index in [4.69, 9.17) is 4.55 Å². The van der Waals surface area contributed by atoms with Gasteiger partial charge in [0.05, 0.1) is 0 Å². The number of rotatable bonds is 2. The van der Waals surface area contributed by atoms with Gasteiger partial charge in [-0.2, -0.15) is 8.42 Å². The first-order valence-corrected chi connectivity index (χ1v) is 5.51. The van der Waals surface area contributed by atoms with E-state index in [9.17, 15) is 8.42 Å². The molecule has 0 aliphatic carbocycles. The molecule has 5 heteroatoms. The molecule has 1 aromatic carbocycles. The zero-order valence-corrected chi connectivity index (χ0v) is 8.43. The molecule has 3 nitrogen and oxygen atoms in total. The second-order valence-electron chi connectivity index (χ2n) is 3.10. The van der Waals surface area contributed by atoms with E-state index in [2.05, 4.69) is 0 Å². The van der Waals surface area contributed by atoms with Gasteiger partial charge < -0.3 is 0 Å². The molecule has 0 unspecified atom stereocenters. The monoisotopic (exact) mass is 224 g/mol. The van der Waals surface area contributed by atoms with E-state index < -0.39 is 10.1 Å². The van der Waals surface area contributed by atoms with E-state index in [1.807, 2.05) is 32.0 Å². The van der Waals surface area contributed by atoms with Gasteiger partial charge in [0.1, 0.15) is 5.75 Å². The maximum absolute atomic E-state index is 10.7. The van der Waals surface area contributed by atoms with Crippen molar-refractivity contribution in [1.29, 1.82) is 0 Å². The van der Waals surface area contributed by atoms with Crippen LogP contribution in [-0.2, 0) is 15.9 Å². The molecule has 1 aromatic rings. The molecule has 0 fully saturated rings. The maximum atomic E-state index is 10.7. The summed E-state index contributed by atoms with van der Waals surface area (Å²) in [5.74, 6) is -0.300. The third-order valence-corrected chi connectivity index (χ3v) is 2.62. The summed E-state index contributed by atoms with van der Waals surface area (Å²) in [6.45, 7) is 3.65. The normalized spacial score (nSPS) is 10.8.